The molecule has 202 valence electrons. The number of pyridine rings is 1. The van der Waals surface area contributed by atoms with E-state index in [9.17, 15) is 24.0 Å². The molecule has 3 aliphatic heterocycles. The monoisotopic (exact) mass is 541 g/mol. The van der Waals surface area contributed by atoms with Crippen molar-refractivity contribution >= 4 is 46.6 Å². The second-order valence-electron chi connectivity index (χ2n) is 10.1. The van der Waals surface area contributed by atoms with Gasteiger partial charge in [0.1, 0.15) is 11.9 Å². The zero-order chi connectivity index (χ0) is 28.3. The molecular weight excluding hydrogens is 517 g/mol. The third-order valence-corrected chi connectivity index (χ3v) is 7.58. The summed E-state index contributed by atoms with van der Waals surface area (Å²) in [4.78, 5) is 69.9. The van der Waals surface area contributed by atoms with Crippen molar-refractivity contribution in [1.82, 2.24) is 15.2 Å². The molecule has 2 N–H and O–H groups in total. The maximum atomic E-state index is 15.1. The number of benzene rings is 2. The van der Waals surface area contributed by atoms with E-state index in [1.54, 1.807) is 38.2 Å². The summed E-state index contributed by atoms with van der Waals surface area (Å²) in [6.45, 7) is 1.75. The number of nitrogens with zero attached hydrogens (tertiary/aromatic N) is 3. The summed E-state index contributed by atoms with van der Waals surface area (Å²) in [5.41, 5.74) is 3.78. The van der Waals surface area contributed by atoms with Crippen molar-refractivity contribution in [2.75, 3.05) is 17.3 Å². The van der Waals surface area contributed by atoms with Gasteiger partial charge in [-0.3, -0.25) is 39.2 Å². The van der Waals surface area contributed by atoms with Crippen molar-refractivity contribution in [2.24, 2.45) is 0 Å². The van der Waals surface area contributed by atoms with Crippen LogP contribution in [0.25, 0.3) is 11.1 Å². The molecule has 1 aromatic heterocycles. The first-order chi connectivity index (χ1) is 19.1. The highest BCUT2D eigenvalue weighted by molar-refractivity contribution is 6.25. The van der Waals surface area contributed by atoms with Crippen LogP contribution in [0.1, 0.15) is 51.2 Å². The van der Waals surface area contributed by atoms with Crippen molar-refractivity contribution in [3.05, 3.63) is 70.8 Å². The lowest BCUT2D eigenvalue weighted by Crippen LogP contribution is -2.54. The van der Waals surface area contributed by atoms with E-state index < -0.39 is 35.5 Å². The minimum absolute atomic E-state index is 0.0105. The van der Waals surface area contributed by atoms with Gasteiger partial charge in [0.15, 0.2) is 0 Å². The summed E-state index contributed by atoms with van der Waals surface area (Å²) in [6, 6.07) is 8.79. The van der Waals surface area contributed by atoms with Gasteiger partial charge in [0.2, 0.25) is 17.7 Å². The average Bonchev–Trinajstić information content (AvgIpc) is 3.18. The summed E-state index contributed by atoms with van der Waals surface area (Å²) >= 11 is 0. The zero-order valence-corrected chi connectivity index (χ0v) is 21.7. The fraction of sp³-hybridized carbons (Fsp3) is 0.241. The van der Waals surface area contributed by atoms with Crippen LogP contribution in [0.15, 0.2) is 42.6 Å². The Labute approximate surface area is 228 Å². The molecule has 0 aliphatic carbocycles. The van der Waals surface area contributed by atoms with Gasteiger partial charge in [0, 0.05) is 48.1 Å². The molecule has 11 heteroatoms. The number of fused-ring (bicyclic) bond motifs is 2. The topological polar surface area (TPSA) is 129 Å². The SMILES string of the molecule is Cc1cc(-c2cc3c(cc2Nc2cccc4c2C(=O)N(C2CCC(=O)NC2=O)C4=O)N(C)C(=O)CC3)c(F)cn1. The summed E-state index contributed by atoms with van der Waals surface area (Å²) in [5.74, 6) is -3.06. The van der Waals surface area contributed by atoms with E-state index in [0.29, 0.717) is 35.5 Å². The number of imide groups is 2. The molecule has 5 amide bonds. The quantitative estimate of drug-likeness (QED) is 0.485. The van der Waals surface area contributed by atoms with Crippen LogP contribution in [0.4, 0.5) is 21.5 Å². The molecule has 1 atom stereocenters. The predicted octanol–water partition coefficient (Wildman–Crippen LogP) is 3.25. The number of halogens is 1. The molecule has 0 saturated carbocycles. The van der Waals surface area contributed by atoms with Crippen molar-refractivity contribution in [3.63, 3.8) is 0 Å². The molecule has 1 fully saturated rings. The number of amides is 5. The Bertz CT molecular complexity index is 1670. The van der Waals surface area contributed by atoms with Crippen LogP contribution in [0.5, 0.6) is 0 Å². The van der Waals surface area contributed by atoms with Crippen LogP contribution < -0.4 is 15.5 Å². The summed E-state index contributed by atoms with van der Waals surface area (Å²) in [7, 11) is 1.67. The number of aromatic nitrogens is 1. The molecule has 0 spiro atoms. The lowest BCUT2D eigenvalue weighted by molar-refractivity contribution is -0.136. The first-order valence-corrected chi connectivity index (χ1v) is 12.8. The second kappa shape index (κ2) is 9.37. The van der Waals surface area contributed by atoms with Crippen LogP contribution in [0.3, 0.4) is 0 Å². The number of anilines is 3. The maximum absolute atomic E-state index is 15.1. The average molecular weight is 542 g/mol. The molecule has 0 radical (unpaired) electrons. The van der Waals surface area contributed by atoms with Crippen LogP contribution in [0.2, 0.25) is 0 Å². The normalized spacial score (nSPS) is 18.6. The van der Waals surface area contributed by atoms with Gasteiger partial charge in [-0.1, -0.05) is 6.07 Å². The Kier molecular flexibility index (Phi) is 5.94. The second-order valence-corrected chi connectivity index (χ2v) is 10.1. The third-order valence-electron chi connectivity index (χ3n) is 7.58. The number of carbonyl (C=O) groups excluding carboxylic acids is 5. The molecule has 3 aliphatic rings. The molecule has 4 heterocycles. The molecule has 1 unspecified atom stereocenters. The van der Waals surface area contributed by atoms with E-state index in [4.69, 9.17) is 0 Å². The Morgan fingerprint density at radius 1 is 0.950 bits per heavy atom. The van der Waals surface area contributed by atoms with Crippen molar-refractivity contribution in [2.45, 2.75) is 38.6 Å². The molecule has 40 heavy (non-hydrogen) atoms. The van der Waals surface area contributed by atoms with Gasteiger partial charge in [-0.2, -0.15) is 0 Å². The van der Waals surface area contributed by atoms with Crippen LogP contribution in [-0.2, 0) is 20.8 Å². The number of carbonyl (C=O) groups is 5. The van der Waals surface area contributed by atoms with Gasteiger partial charge in [-0.25, -0.2) is 4.39 Å². The lowest BCUT2D eigenvalue weighted by Gasteiger charge is -2.28. The first kappa shape index (κ1) is 25.4. The van der Waals surface area contributed by atoms with Crippen molar-refractivity contribution < 1.29 is 28.4 Å². The maximum Gasteiger partial charge on any atom is 0.264 e. The highest BCUT2D eigenvalue weighted by Crippen LogP contribution is 2.41. The summed E-state index contributed by atoms with van der Waals surface area (Å²) in [5, 5.41) is 5.41. The van der Waals surface area contributed by atoms with Gasteiger partial charge < -0.3 is 10.2 Å². The fourth-order valence-electron chi connectivity index (χ4n) is 5.53. The Morgan fingerprint density at radius 3 is 2.52 bits per heavy atom. The van der Waals surface area contributed by atoms with Gasteiger partial charge >= 0.3 is 0 Å². The summed E-state index contributed by atoms with van der Waals surface area (Å²) in [6.07, 6.45) is 2.01. The first-order valence-electron chi connectivity index (χ1n) is 12.8. The molecule has 0 bridgehead atoms. The third kappa shape index (κ3) is 4.01. The number of hydrogen-bond donors (Lipinski definition) is 2. The van der Waals surface area contributed by atoms with Crippen molar-refractivity contribution in [3.8, 4) is 11.1 Å². The number of hydrogen-bond acceptors (Lipinski definition) is 7. The molecule has 6 rings (SSSR count). The van der Waals surface area contributed by atoms with E-state index in [1.165, 1.54) is 11.0 Å². The molecule has 10 nitrogen and oxygen atoms in total. The van der Waals surface area contributed by atoms with E-state index in [0.717, 1.165) is 16.7 Å². The van der Waals surface area contributed by atoms with E-state index in [2.05, 4.69) is 15.6 Å². The highest BCUT2D eigenvalue weighted by Gasteiger charge is 2.45. The van der Waals surface area contributed by atoms with E-state index >= 15 is 4.39 Å². The Balaban J connectivity index is 1.46. The Morgan fingerprint density at radius 2 is 1.75 bits per heavy atom. The van der Waals surface area contributed by atoms with Gasteiger partial charge in [-0.15, -0.1) is 0 Å². The van der Waals surface area contributed by atoms with Gasteiger partial charge in [0.05, 0.1) is 23.0 Å². The minimum atomic E-state index is -1.11. The highest BCUT2D eigenvalue weighted by atomic mass is 19.1. The smallest absolute Gasteiger partial charge is 0.264 e. The molecular formula is C29H24FN5O5. The number of piperidine rings is 1. The molecule has 2 aromatic carbocycles. The van der Waals surface area contributed by atoms with E-state index in [-0.39, 0.29) is 41.1 Å². The van der Waals surface area contributed by atoms with Crippen LogP contribution in [-0.4, -0.2) is 52.5 Å². The van der Waals surface area contributed by atoms with E-state index in [1.807, 2.05) is 6.07 Å². The van der Waals surface area contributed by atoms with Crippen LogP contribution in [0, 0.1) is 12.7 Å². The molecule has 3 aromatic rings. The molecule has 1 saturated heterocycles. The van der Waals surface area contributed by atoms with Crippen molar-refractivity contribution in [1.29, 1.82) is 0 Å². The predicted molar refractivity (Wildman–Crippen MR) is 142 cm³/mol. The lowest BCUT2D eigenvalue weighted by atomic mass is 9.94. The summed E-state index contributed by atoms with van der Waals surface area (Å²) < 4.78 is 15.1. The minimum Gasteiger partial charge on any atom is -0.354 e. The van der Waals surface area contributed by atoms with Crippen LogP contribution >= 0.6 is 0 Å². The zero-order valence-electron chi connectivity index (χ0n) is 21.7. The fourth-order valence-corrected chi connectivity index (χ4v) is 5.53. The van der Waals surface area contributed by atoms with Gasteiger partial charge in [0.25, 0.3) is 11.8 Å². The standard InChI is InChI=1S/C29H24FN5O5/c1-14-10-17(19(30)13-31-14)18-11-15-6-9-25(37)34(2)23(15)12-21(18)32-20-5-3-4-16-26(20)29(40)35(28(16)39)22-7-8-24(36)33-27(22)38/h3-5,10-13,22,32H,6-9H2,1-2H3,(H,33,36,38). The number of rotatable bonds is 4. The largest absolute Gasteiger partial charge is 0.354 e. The van der Waals surface area contributed by atoms with Gasteiger partial charge in [-0.05, 0) is 55.7 Å². The number of nitrogens with one attached hydrogen (secondary N) is 2. The Hall–Kier alpha value is -4.93. The number of aryl methyl sites for hydroxylation is 2.